The van der Waals surface area contributed by atoms with Crippen LogP contribution in [0.15, 0.2) is 30.3 Å². The fourth-order valence-corrected chi connectivity index (χ4v) is 2.75. The molecule has 2 aromatic carbocycles. The second-order valence-corrected chi connectivity index (χ2v) is 5.57. The maximum absolute atomic E-state index is 13.2. The molecule has 1 heterocycles. The van der Waals surface area contributed by atoms with Crippen LogP contribution in [0.1, 0.15) is 28.4 Å². The van der Waals surface area contributed by atoms with E-state index in [1.807, 2.05) is 0 Å². The summed E-state index contributed by atoms with van der Waals surface area (Å²) in [5.41, 5.74) is 6.97. The van der Waals surface area contributed by atoms with Crippen molar-refractivity contribution in [3.05, 3.63) is 58.1 Å². The molecular formula is C16H14Cl2F2N2O2. The smallest absolute Gasteiger partial charge is 0.259 e. The van der Waals surface area contributed by atoms with Gasteiger partial charge in [-0.2, -0.15) is 0 Å². The molecule has 3 rings (SSSR count). The number of amides is 1. The summed E-state index contributed by atoms with van der Waals surface area (Å²) in [7, 11) is 0. The summed E-state index contributed by atoms with van der Waals surface area (Å²) >= 11 is 6.13. The number of carbonyl (C=O) groups excluding carboxylic acids is 1. The number of nitrogens with one attached hydrogen (secondary N) is 1. The van der Waals surface area contributed by atoms with Crippen LogP contribution in [0.2, 0.25) is 5.02 Å². The zero-order valence-corrected chi connectivity index (χ0v) is 13.9. The summed E-state index contributed by atoms with van der Waals surface area (Å²) in [6.07, 6.45) is 0.598. The molecule has 0 fully saturated rings. The van der Waals surface area contributed by atoms with Gasteiger partial charge in [0.25, 0.3) is 5.91 Å². The predicted octanol–water partition coefficient (Wildman–Crippen LogP) is 4.07. The Kier molecular flexibility index (Phi) is 5.64. The molecule has 0 saturated carbocycles. The Morgan fingerprint density at radius 1 is 1.25 bits per heavy atom. The van der Waals surface area contributed by atoms with Crippen molar-refractivity contribution < 1.29 is 18.3 Å². The van der Waals surface area contributed by atoms with Crippen LogP contribution in [-0.2, 0) is 0 Å². The number of carbonyl (C=O) groups is 1. The Bertz CT molecular complexity index is 787. The van der Waals surface area contributed by atoms with E-state index in [0.29, 0.717) is 29.4 Å². The fraction of sp³-hybridized carbons (Fsp3) is 0.188. The monoisotopic (exact) mass is 374 g/mol. The van der Waals surface area contributed by atoms with Crippen molar-refractivity contribution in [3.63, 3.8) is 0 Å². The van der Waals surface area contributed by atoms with Gasteiger partial charge in [-0.15, -0.1) is 12.4 Å². The highest BCUT2D eigenvalue weighted by molar-refractivity contribution is 6.32. The van der Waals surface area contributed by atoms with Crippen LogP contribution in [0.3, 0.4) is 0 Å². The maximum Gasteiger partial charge on any atom is 0.259 e. The van der Waals surface area contributed by atoms with Gasteiger partial charge < -0.3 is 15.8 Å². The number of anilines is 1. The molecule has 8 heteroatoms. The molecule has 128 valence electrons. The first kappa shape index (κ1) is 18.4. The van der Waals surface area contributed by atoms with Gasteiger partial charge in [-0.1, -0.05) is 11.6 Å². The summed E-state index contributed by atoms with van der Waals surface area (Å²) in [5.74, 6) is -2.21. The number of nitrogens with two attached hydrogens (primary N) is 1. The van der Waals surface area contributed by atoms with Gasteiger partial charge in [0.2, 0.25) is 0 Å². The van der Waals surface area contributed by atoms with Gasteiger partial charge >= 0.3 is 0 Å². The van der Waals surface area contributed by atoms with E-state index in [1.165, 1.54) is 12.1 Å². The van der Waals surface area contributed by atoms with Gasteiger partial charge in [-0.25, -0.2) is 8.78 Å². The van der Waals surface area contributed by atoms with Crippen molar-refractivity contribution in [2.24, 2.45) is 5.73 Å². The second kappa shape index (κ2) is 7.34. The van der Waals surface area contributed by atoms with E-state index in [9.17, 15) is 13.6 Å². The van der Waals surface area contributed by atoms with E-state index < -0.39 is 17.5 Å². The first-order chi connectivity index (χ1) is 11.0. The lowest BCUT2D eigenvalue weighted by Gasteiger charge is -2.25. The van der Waals surface area contributed by atoms with Gasteiger partial charge in [0.15, 0.2) is 11.6 Å². The van der Waals surface area contributed by atoms with Crippen molar-refractivity contribution in [1.82, 2.24) is 0 Å². The van der Waals surface area contributed by atoms with Crippen molar-refractivity contribution in [2.75, 3.05) is 11.9 Å². The van der Waals surface area contributed by atoms with Crippen molar-refractivity contribution in [1.29, 1.82) is 0 Å². The minimum Gasteiger partial charge on any atom is -0.492 e. The van der Waals surface area contributed by atoms with Crippen LogP contribution >= 0.6 is 24.0 Å². The molecule has 3 N–H and O–H groups in total. The standard InChI is InChI=1S/C16H13ClF2N2O2.ClH/c17-10-3-2-9(15-14(10)13(20)5-6-23-15)16(22)21-8-1-4-11(18)12(19)7-8;/h1-4,7,13H,5-6,20H2,(H,21,22);1H. The van der Waals surface area contributed by atoms with E-state index in [4.69, 9.17) is 22.1 Å². The molecule has 4 nitrogen and oxygen atoms in total. The Labute approximate surface area is 148 Å². The molecule has 0 saturated heterocycles. The lowest BCUT2D eigenvalue weighted by atomic mass is 9.98. The van der Waals surface area contributed by atoms with Gasteiger partial charge in [-0.3, -0.25) is 4.79 Å². The molecule has 1 amide bonds. The number of ether oxygens (including phenoxy) is 1. The maximum atomic E-state index is 13.2. The third-order valence-corrected chi connectivity index (χ3v) is 3.94. The number of rotatable bonds is 2. The molecule has 24 heavy (non-hydrogen) atoms. The molecule has 0 radical (unpaired) electrons. The van der Waals surface area contributed by atoms with Crippen LogP contribution in [0.25, 0.3) is 0 Å². The van der Waals surface area contributed by atoms with Crippen molar-refractivity contribution >= 4 is 35.6 Å². The van der Waals surface area contributed by atoms with Gasteiger partial charge in [0, 0.05) is 34.8 Å². The highest BCUT2D eigenvalue weighted by Gasteiger charge is 2.26. The zero-order chi connectivity index (χ0) is 16.6. The van der Waals surface area contributed by atoms with Gasteiger partial charge in [0.05, 0.1) is 12.2 Å². The highest BCUT2D eigenvalue weighted by Crippen LogP contribution is 2.39. The average molecular weight is 375 g/mol. The molecule has 1 aliphatic heterocycles. The van der Waals surface area contributed by atoms with Crippen molar-refractivity contribution in [2.45, 2.75) is 12.5 Å². The minimum absolute atomic E-state index is 0. The number of benzene rings is 2. The first-order valence-corrected chi connectivity index (χ1v) is 7.32. The molecule has 2 aromatic rings. The van der Waals surface area contributed by atoms with Gasteiger partial charge in [0.1, 0.15) is 5.75 Å². The highest BCUT2D eigenvalue weighted by atomic mass is 35.5. The molecule has 0 bridgehead atoms. The molecule has 0 spiro atoms. The van der Waals surface area contributed by atoms with Crippen LogP contribution in [0, 0.1) is 11.6 Å². The van der Waals surface area contributed by atoms with E-state index in [-0.39, 0.29) is 29.7 Å². The van der Waals surface area contributed by atoms with Crippen LogP contribution in [0.4, 0.5) is 14.5 Å². The van der Waals surface area contributed by atoms with Gasteiger partial charge in [-0.05, 0) is 24.3 Å². The van der Waals surface area contributed by atoms with Crippen LogP contribution < -0.4 is 15.8 Å². The molecule has 1 atom stereocenters. The summed E-state index contributed by atoms with van der Waals surface area (Å²) < 4.78 is 31.7. The number of hydrogen-bond acceptors (Lipinski definition) is 3. The third-order valence-electron chi connectivity index (χ3n) is 3.61. The lowest BCUT2D eigenvalue weighted by Crippen LogP contribution is -2.24. The second-order valence-electron chi connectivity index (χ2n) is 5.16. The minimum atomic E-state index is -1.04. The number of halogens is 4. The summed E-state index contributed by atoms with van der Waals surface area (Å²) in [6.45, 7) is 0.375. The zero-order valence-electron chi connectivity index (χ0n) is 12.3. The Morgan fingerprint density at radius 3 is 2.71 bits per heavy atom. The van der Waals surface area contributed by atoms with Crippen LogP contribution in [0.5, 0.6) is 5.75 Å². The Hall–Kier alpha value is -1.89. The van der Waals surface area contributed by atoms with E-state index in [2.05, 4.69) is 5.32 Å². The van der Waals surface area contributed by atoms with E-state index >= 15 is 0 Å². The largest absolute Gasteiger partial charge is 0.492 e. The van der Waals surface area contributed by atoms with Crippen molar-refractivity contribution in [3.8, 4) is 5.75 Å². The predicted molar refractivity (Wildman–Crippen MR) is 90.1 cm³/mol. The van der Waals surface area contributed by atoms with E-state index in [0.717, 1.165) is 12.1 Å². The Balaban J connectivity index is 0.00000208. The Morgan fingerprint density at radius 2 is 2.00 bits per heavy atom. The fourth-order valence-electron chi connectivity index (χ4n) is 2.46. The third kappa shape index (κ3) is 3.45. The van der Waals surface area contributed by atoms with E-state index in [1.54, 1.807) is 6.07 Å². The van der Waals surface area contributed by atoms with Crippen LogP contribution in [-0.4, -0.2) is 12.5 Å². The molecule has 1 unspecified atom stereocenters. The topological polar surface area (TPSA) is 64.3 Å². The molecule has 1 aliphatic rings. The molecule has 0 aliphatic carbocycles. The SMILES string of the molecule is Cl.NC1CCOc2c(C(=O)Nc3ccc(F)c(F)c3)ccc(Cl)c21. The number of hydrogen-bond donors (Lipinski definition) is 2. The first-order valence-electron chi connectivity index (χ1n) is 6.94. The summed E-state index contributed by atoms with van der Waals surface area (Å²) in [5, 5.41) is 2.93. The summed E-state index contributed by atoms with van der Waals surface area (Å²) in [6, 6.07) is 5.87. The molecular weight excluding hydrogens is 361 g/mol. The summed E-state index contributed by atoms with van der Waals surface area (Å²) in [4.78, 5) is 12.4. The lowest BCUT2D eigenvalue weighted by molar-refractivity contribution is 0.102. The number of fused-ring (bicyclic) bond motifs is 1. The average Bonchev–Trinajstić information content (AvgIpc) is 2.51. The molecule has 0 aromatic heterocycles. The quantitative estimate of drug-likeness (QED) is 0.832. The normalized spacial score (nSPS) is 15.8.